The second kappa shape index (κ2) is 10.6. The molecule has 0 saturated carbocycles. The number of piperazine rings is 1. The molecule has 4 aromatic rings. The zero-order valence-electron chi connectivity index (χ0n) is 19.5. The lowest BCUT2D eigenvalue weighted by Crippen LogP contribution is -2.48. The van der Waals surface area contributed by atoms with E-state index in [-0.39, 0.29) is 5.91 Å². The molecule has 180 valence electrons. The van der Waals surface area contributed by atoms with Crippen molar-refractivity contribution in [1.29, 1.82) is 0 Å². The van der Waals surface area contributed by atoms with Gasteiger partial charge in [-0.1, -0.05) is 53.3 Å². The van der Waals surface area contributed by atoms with E-state index < -0.39 is 0 Å². The number of amides is 1. The van der Waals surface area contributed by atoms with Crippen molar-refractivity contribution in [3.8, 4) is 11.5 Å². The van der Waals surface area contributed by atoms with Gasteiger partial charge in [-0.05, 0) is 48.9 Å². The van der Waals surface area contributed by atoms with Crippen molar-refractivity contribution in [3.05, 3.63) is 82.9 Å². The van der Waals surface area contributed by atoms with Crippen molar-refractivity contribution in [3.63, 3.8) is 0 Å². The minimum absolute atomic E-state index is 0.0936. The number of halogens is 1. The number of para-hydroxylation sites is 1. The van der Waals surface area contributed by atoms with Gasteiger partial charge in [-0.3, -0.25) is 9.69 Å². The number of ether oxygens (including phenoxy) is 1. The standard InChI is InChI=1S/C27H27ClN4O2S/c1-19-10-11-23(28)25-24(19)30-27(35-25)32-16-14-31(15-17-32)13-12-29-26(33)20-6-5-9-22(18-20)34-21-7-3-2-4-8-21/h2-11,18H,12-17H2,1H3,(H,29,33). The maximum absolute atomic E-state index is 12.7. The van der Waals surface area contributed by atoms with E-state index in [1.165, 1.54) is 0 Å². The van der Waals surface area contributed by atoms with Gasteiger partial charge in [-0.25, -0.2) is 4.98 Å². The van der Waals surface area contributed by atoms with Gasteiger partial charge in [-0.2, -0.15) is 0 Å². The van der Waals surface area contributed by atoms with Crippen LogP contribution in [0.1, 0.15) is 15.9 Å². The normalized spacial score (nSPS) is 14.3. The maximum atomic E-state index is 12.7. The fourth-order valence-electron chi connectivity index (χ4n) is 4.14. The lowest BCUT2D eigenvalue weighted by Gasteiger charge is -2.34. The van der Waals surface area contributed by atoms with Crippen molar-refractivity contribution in [1.82, 2.24) is 15.2 Å². The molecule has 6 nitrogen and oxygen atoms in total. The van der Waals surface area contributed by atoms with E-state index in [2.05, 4.69) is 22.0 Å². The molecule has 2 heterocycles. The van der Waals surface area contributed by atoms with Crippen molar-refractivity contribution < 1.29 is 9.53 Å². The molecular weight excluding hydrogens is 480 g/mol. The molecular formula is C27H27ClN4O2S. The Balaban J connectivity index is 1.10. The van der Waals surface area contributed by atoms with Crippen LogP contribution in [-0.4, -0.2) is 55.1 Å². The Kier molecular flexibility index (Phi) is 7.18. The number of benzene rings is 3. The third-order valence-corrected chi connectivity index (χ3v) is 7.69. The molecule has 1 fully saturated rings. The predicted molar refractivity (Wildman–Crippen MR) is 143 cm³/mol. The number of carbonyl (C=O) groups is 1. The van der Waals surface area contributed by atoms with E-state index in [4.69, 9.17) is 21.3 Å². The van der Waals surface area contributed by atoms with E-state index in [9.17, 15) is 4.79 Å². The molecule has 0 radical (unpaired) electrons. The summed E-state index contributed by atoms with van der Waals surface area (Å²) in [5.41, 5.74) is 2.74. The van der Waals surface area contributed by atoms with Crippen LogP contribution in [0, 0.1) is 6.92 Å². The van der Waals surface area contributed by atoms with Crippen molar-refractivity contribution in [2.24, 2.45) is 0 Å². The van der Waals surface area contributed by atoms with Gasteiger partial charge >= 0.3 is 0 Å². The molecule has 0 aliphatic carbocycles. The van der Waals surface area contributed by atoms with Crippen molar-refractivity contribution >= 4 is 44.2 Å². The van der Waals surface area contributed by atoms with E-state index in [0.717, 1.165) is 64.4 Å². The Morgan fingerprint density at radius 2 is 1.80 bits per heavy atom. The number of nitrogens with one attached hydrogen (secondary N) is 1. The maximum Gasteiger partial charge on any atom is 0.251 e. The van der Waals surface area contributed by atoms with Crippen LogP contribution >= 0.6 is 22.9 Å². The molecule has 35 heavy (non-hydrogen) atoms. The summed E-state index contributed by atoms with van der Waals surface area (Å²) in [4.78, 5) is 22.2. The minimum atomic E-state index is -0.0936. The Labute approximate surface area is 214 Å². The Hall–Kier alpha value is -3.13. The molecule has 1 N–H and O–H groups in total. The summed E-state index contributed by atoms with van der Waals surface area (Å²) in [6.45, 7) is 7.15. The number of hydrogen-bond donors (Lipinski definition) is 1. The SMILES string of the molecule is Cc1ccc(Cl)c2sc(N3CCN(CCNC(=O)c4cccc(Oc5ccccc5)c4)CC3)nc12. The van der Waals surface area contributed by atoms with Crippen LogP contribution < -0.4 is 15.0 Å². The summed E-state index contributed by atoms with van der Waals surface area (Å²) in [7, 11) is 0. The van der Waals surface area contributed by atoms with E-state index in [1.807, 2.05) is 54.6 Å². The van der Waals surface area contributed by atoms with Crippen LogP contribution in [0.15, 0.2) is 66.7 Å². The second-order valence-electron chi connectivity index (χ2n) is 8.57. The van der Waals surface area contributed by atoms with Crippen LogP contribution in [0.25, 0.3) is 10.2 Å². The van der Waals surface area contributed by atoms with Crippen molar-refractivity contribution in [2.75, 3.05) is 44.2 Å². The molecule has 5 rings (SSSR count). The highest BCUT2D eigenvalue weighted by atomic mass is 35.5. The van der Waals surface area contributed by atoms with Gasteiger partial charge in [0.1, 0.15) is 11.5 Å². The molecule has 8 heteroatoms. The number of carbonyl (C=O) groups excluding carboxylic acids is 1. The van der Waals surface area contributed by atoms with Gasteiger partial charge in [0.25, 0.3) is 5.91 Å². The van der Waals surface area contributed by atoms with Crippen molar-refractivity contribution in [2.45, 2.75) is 6.92 Å². The molecule has 0 spiro atoms. The smallest absolute Gasteiger partial charge is 0.251 e. The predicted octanol–water partition coefficient (Wildman–Crippen LogP) is 5.60. The average Bonchev–Trinajstić information content (AvgIpc) is 3.35. The van der Waals surface area contributed by atoms with Gasteiger partial charge < -0.3 is 15.0 Å². The number of rotatable bonds is 7. The molecule has 1 aliphatic rings. The third-order valence-electron chi connectivity index (χ3n) is 6.12. The third kappa shape index (κ3) is 5.59. The zero-order chi connectivity index (χ0) is 24.2. The number of hydrogen-bond acceptors (Lipinski definition) is 6. The highest BCUT2D eigenvalue weighted by molar-refractivity contribution is 7.22. The number of anilines is 1. The zero-order valence-corrected chi connectivity index (χ0v) is 21.1. The first-order valence-electron chi connectivity index (χ1n) is 11.7. The lowest BCUT2D eigenvalue weighted by atomic mass is 10.2. The molecule has 0 bridgehead atoms. The highest BCUT2D eigenvalue weighted by Gasteiger charge is 2.21. The molecule has 1 aliphatic heterocycles. The number of aryl methyl sites for hydroxylation is 1. The fraction of sp³-hybridized carbons (Fsp3) is 0.259. The lowest BCUT2D eigenvalue weighted by molar-refractivity contribution is 0.0947. The monoisotopic (exact) mass is 506 g/mol. The Bertz CT molecular complexity index is 1280. The van der Waals surface area contributed by atoms with E-state index in [1.54, 1.807) is 23.5 Å². The summed E-state index contributed by atoms with van der Waals surface area (Å²) in [5.74, 6) is 1.29. The molecule has 1 aromatic heterocycles. The summed E-state index contributed by atoms with van der Waals surface area (Å²) in [6, 6.07) is 20.8. The molecule has 0 unspecified atom stereocenters. The minimum Gasteiger partial charge on any atom is -0.457 e. The molecule has 3 aromatic carbocycles. The second-order valence-corrected chi connectivity index (χ2v) is 9.95. The summed E-state index contributed by atoms with van der Waals surface area (Å²) >= 11 is 8.04. The first-order chi connectivity index (χ1) is 17.1. The van der Waals surface area contributed by atoms with Gasteiger partial charge in [0, 0.05) is 44.8 Å². The Morgan fingerprint density at radius 3 is 2.57 bits per heavy atom. The number of nitrogens with zero attached hydrogens (tertiary/aromatic N) is 3. The number of aromatic nitrogens is 1. The van der Waals surface area contributed by atoms with Crippen LogP contribution in [0.2, 0.25) is 5.02 Å². The van der Waals surface area contributed by atoms with E-state index in [0.29, 0.717) is 17.9 Å². The van der Waals surface area contributed by atoms with Gasteiger partial charge in [0.15, 0.2) is 5.13 Å². The summed E-state index contributed by atoms with van der Waals surface area (Å²) in [6.07, 6.45) is 0. The average molecular weight is 507 g/mol. The number of fused-ring (bicyclic) bond motifs is 1. The number of thiazole rings is 1. The molecule has 1 amide bonds. The van der Waals surface area contributed by atoms with E-state index >= 15 is 0 Å². The quantitative estimate of drug-likeness (QED) is 0.353. The fourth-order valence-corrected chi connectivity index (χ4v) is 5.51. The van der Waals surface area contributed by atoms with Crippen LogP contribution in [0.4, 0.5) is 5.13 Å². The van der Waals surface area contributed by atoms with Crippen LogP contribution in [0.5, 0.6) is 11.5 Å². The molecule has 1 saturated heterocycles. The topological polar surface area (TPSA) is 57.7 Å². The first kappa shape index (κ1) is 23.6. The van der Waals surface area contributed by atoms with Crippen LogP contribution in [0.3, 0.4) is 0 Å². The largest absolute Gasteiger partial charge is 0.457 e. The van der Waals surface area contributed by atoms with Crippen LogP contribution in [-0.2, 0) is 0 Å². The summed E-state index contributed by atoms with van der Waals surface area (Å²) < 4.78 is 6.90. The first-order valence-corrected chi connectivity index (χ1v) is 12.9. The molecule has 0 atom stereocenters. The van der Waals surface area contributed by atoms with Gasteiger partial charge in [0.2, 0.25) is 0 Å². The van der Waals surface area contributed by atoms with Gasteiger partial charge in [0.05, 0.1) is 15.2 Å². The highest BCUT2D eigenvalue weighted by Crippen LogP contribution is 2.35. The summed E-state index contributed by atoms with van der Waals surface area (Å²) in [5, 5.41) is 4.83. The Morgan fingerprint density at radius 1 is 1.03 bits per heavy atom. The van der Waals surface area contributed by atoms with Gasteiger partial charge in [-0.15, -0.1) is 0 Å².